The number of hydrogen-bond donors (Lipinski definition) is 0. The van der Waals surface area contributed by atoms with Crippen molar-refractivity contribution in [2.45, 2.75) is 52.6 Å². The molecule has 0 amide bonds. The highest BCUT2D eigenvalue weighted by molar-refractivity contribution is 5.13. The minimum absolute atomic E-state index is 0.245. The Bertz CT molecular complexity index is 416. The van der Waals surface area contributed by atoms with Crippen LogP contribution in [0.15, 0.2) is 30.3 Å². The largest absolute Gasteiger partial charge is 0.377 e. The van der Waals surface area contributed by atoms with Crippen molar-refractivity contribution >= 4 is 0 Å². The lowest BCUT2D eigenvalue weighted by Gasteiger charge is -2.42. The van der Waals surface area contributed by atoms with E-state index >= 15 is 0 Å². The van der Waals surface area contributed by atoms with E-state index in [1.54, 1.807) is 0 Å². The summed E-state index contributed by atoms with van der Waals surface area (Å²) in [6, 6.07) is 10.3. The number of benzene rings is 1. The maximum atomic E-state index is 6.09. The summed E-state index contributed by atoms with van der Waals surface area (Å²) in [5.41, 5.74) is 1.22. The summed E-state index contributed by atoms with van der Waals surface area (Å²) >= 11 is 0. The van der Waals surface area contributed by atoms with Crippen molar-refractivity contribution in [3.63, 3.8) is 0 Å². The molecule has 1 saturated heterocycles. The lowest BCUT2D eigenvalue weighted by molar-refractivity contribution is -0.300. The summed E-state index contributed by atoms with van der Waals surface area (Å²) in [6.45, 7) is 10.6. The molecule has 1 fully saturated rings. The fourth-order valence-electron chi connectivity index (χ4n) is 2.78. The molecular formula is C18H28O3. The SMILES string of the molecule is C[C@H](CCOCc1ccccc1)[C@@H]1OC(C)(C)OC[C@H]1C. The zero-order chi connectivity index (χ0) is 15.3. The highest BCUT2D eigenvalue weighted by atomic mass is 16.7. The summed E-state index contributed by atoms with van der Waals surface area (Å²) in [4.78, 5) is 0. The Kier molecular flexibility index (Phi) is 5.80. The first-order valence-electron chi connectivity index (χ1n) is 7.91. The Morgan fingerprint density at radius 1 is 1.29 bits per heavy atom. The molecule has 3 heteroatoms. The van der Waals surface area contributed by atoms with Crippen molar-refractivity contribution in [1.82, 2.24) is 0 Å². The van der Waals surface area contributed by atoms with Gasteiger partial charge in [0.15, 0.2) is 5.79 Å². The van der Waals surface area contributed by atoms with Crippen LogP contribution in [0, 0.1) is 11.8 Å². The van der Waals surface area contributed by atoms with Crippen LogP contribution in [0.2, 0.25) is 0 Å². The highest BCUT2D eigenvalue weighted by Gasteiger charge is 2.36. The van der Waals surface area contributed by atoms with Gasteiger partial charge in [-0.2, -0.15) is 0 Å². The van der Waals surface area contributed by atoms with Gasteiger partial charge < -0.3 is 14.2 Å². The van der Waals surface area contributed by atoms with Crippen LogP contribution in [-0.4, -0.2) is 25.1 Å². The first-order chi connectivity index (χ1) is 9.98. The molecule has 0 spiro atoms. The summed E-state index contributed by atoms with van der Waals surface area (Å²) in [6.07, 6.45) is 1.26. The molecule has 118 valence electrons. The normalized spacial score (nSPS) is 26.5. The number of rotatable bonds is 6. The van der Waals surface area contributed by atoms with Crippen LogP contribution in [0.5, 0.6) is 0 Å². The van der Waals surface area contributed by atoms with Gasteiger partial charge >= 0.3 is 0 Å². The van der Waals surface area contributed by atoms with Gasteiger partial charge in [0.2, 0.25) is 0 Å². The molecule has 0 unspecified atom stereocenters. The fourth-order valence-corrected chi connectivity index (χ4v) is 2.78. The Balaban J connectivity index is 1.72. The van der Waals surface area contributed by atoms with Gasteiger partial charge in [-0.3, -0.25) is 0 Å². The van der Waals surface area contributed by atoms with E-state index in [9.17, 15) is 0 Å². The molecule has 1 aromatic rings. The van der Waals surface area contributed by atoms with Crippen LogP contribution in [0.4, 0.5) is 0 Å². The molecule has 0 bridgehead atoms. The molecule has 2 rings (SSSR count). The minimum Gasteiger partial charge on any atom is -0.377 e. The maximum Gasteiger partial charge on any atom is 0.163 e. The zero-order valence-corrected chi connectivity index (χ0v) is 13.7. The number of ether oxygens (including phenoxy) is 3. The summed E-state index contributed by atoms with van der Waals surface area (Å²) < 4.78 is 17.6. The van der Waals surface area contributed by atoms with E-state index in [1.807, 2.05) is 32.0 Å². The smallest absolute Gasteiger partial charge is 0.163 e. The van der Waals surface area contributed by atoms with E-state index in [0.717, 1.165) is 19.6 Å². The predicted octanol–water partition coefficient (Wildman–Crippen LogP) is 4.02. The summed E-state index contributed by atoms with van der Waals surface area (Å²) in [5.74, 6) is 0.442. The van der Waals surface area contributed by atoms with Gasteiger partial charge in [-0.25, -0.2) is 0 Å². The van der Waals surface area contributed by atoms with Gasteiger partial charge in [-0.15, -0.1) is 0 Å². The van der Waals surface area contributed by atoms with Gasteiger partial charge in [0.05, 0.1) is 19.3 Å². The van der Waals surface area contributed by atoms with Crippen molar-refractivity contribution < 1.29 is 14.2 Å². The van der Waals surface area contributed by atoms with Gasteiger partial charge in [0.1, 0.15) is 0 Å². The maximum absolute atomic E-state index is 6.09. The van der Waals surface area contributed by atoms with Crippen LogP contribution >= 0.6 is 0 Å². The molecule has 3 atom stereocenters. The molecule has 1 aromatic carbocycles. The van der Waals surface area contributed by atoms with Crippen LogP contribution in [0.1, 0.15) is 39.7 Å². The number of hydrogen-bond acceptors (Lipinski definition) is 3. The molecule has 0 saturated carbocycles. The van der Waals surface area contributed by atoms with E-state index in [4.69, 9.17) is 14.2 Å². The third-order valence-corrected chi connectivity index (χ3v) is 4.06. The van der Waals surface area contributed by atoms with Crippen LogP contribution in [-0.2, 0) is 20.8 Å². The average molecular weight is 292 g/mol. The average Bonchev–Trinajstić information content (AvgIpc) is 2.47. The molecule has 1 heterocycles. The quantitative estimate of drug-likeness (QED) is 0.741. The van der Waals surface area contributed by atoms with E-state index in [0.29, 0.717) is 18.4 Å². The van der Waals surface area contributed by atoms with Crippen molar-refractivity contribution in [2.75, 3.05) is 13.2 Å². The lowest BCUT2D eigenvalue weighted by Crippen LogP contribution is -2.47. The molecule has 0 aromatic heterocycles. The Hall–Kier alpha value is -0.900. The highest BCUT2D eigenvalue weighted by Crippen LogP contribution is 2.31. The summed E-state index contributed by atoms with van der Waals surface area (Å²) in [5, 5.41) is 0. The van der Waals surface area contributed by atoms with Crippen LogP contribution in [0.25, 0.3) is 0 Å². The Morgan fingerprint density at radius 2 is 2.00 bits per heavy atom. The van der Waals surface area contributed by atoms with E-state index in [1.165, 1.54) is 5.56 Å². The van der Waals surface area contributed by atoms with Gasteiger partial charge in [0.25, 0.3) is 0 Å². The van der Waals surface area contributed by atoms with Crippen molar-refractivity contribution in [1.29, 1.82) is 0 Å². The van der Waals surface area contributed by atoms with Gasteiger partial charge in [-0.05, 0) is 31.7 Å². The topological polar surface area (TPSA) is 27.7 Å². The molecule has 1 aliphatic heterocycles. The first-order valence-corrected chi connectivity index (χ1v) is 7.91. The third kappa shape index (κ3) is 5.10. The second kappa shape index (κ2) is 7.39. The first kappa shape index (κ1) is 16.5. The molecule has 3 nitrogen and oxygen atoms in total. The predicted molar refractivity (Wildman–Crippen MR) is 83.9 cm³/mol. The van der Waals surface area contributed by atoms with E-state index in [2.05, 4.69) is 26.0 Å². The third-order valence-electron chi connectivity index (χ3n) is 4.06. The second-order valence-corrected chi connectivity index (χ2v) is 6.57. The van der Waals surface area contributed by atoms with Crippen LogP contribution in [0.3, 0.4) is 0 Å². The zero-order valence-electron chi connectivity index (χ0n) is 13.7. The van der Waals surface area contributed by atoms with Crippen LogP contribution < -0.4 is 0 Å². The second-order valence-electron chi connectivity index (χ2n) is 6.57. The van der Waals surface area contributed by atoms with Gasteiger partial charge in [-0.1, -0.05) is 44.2 Å². The summed E-state index contributed by atoms with van der Waals surface area (Å²) in [7, 11) is 0. The molecule has 0 radical (unpaired) electrons. The molecular weight excluding hydrogens is 264 g/mol. The molecule has 21 heavy (non-hydrogen) atoms. The molecule has 1 aliphatic rings. The lowest BCUT2D eigenvalue weighted by atomic mass is 9.90. The monoisotopic (exact) mass is 292 g/mol. The van der Waals surface area contributed by atoms with Crippen molar-refractivity contribution in [3.8, 4) is 0 Å². The molecule has 0 aliphatic carbocycles. The fraction of sp³-hybridized carbons (Fsp3) is 0.667. The van der Waals surface area contributed by atoms with Gasteiger partial charge in [0, 0.05) is 12.5 Å². The van der Waals surface area contributed by atoms with Crippen molar-refractivity contribution in [2.24, 2.45) is 11.8 Å². The standard InChI is InChI=1S/C18H28O3/c1-14(17-15(2)12-20-18(3,4)21-17)10-11-19-13-16-8-6-5-7-9-16/h5-9,14-15,17H,10-13H2,1-4H3/t14-,15-,17+/m1/s1. The van der Waals surface area contributed by atoms with Crippen molar-refractivity contribution in [3.05, 3.63) is 35.9 Å². The Labute approximate surface area is 128 Å². The van der Waals surface area contributed by atoms with E-state index in [-0.39, 0.29) is 6.10 Å². The van der Waals surface area contributed by atoms with E-state index < -0.39 is 5.79 Å². The molecule has 0 N–H and O–H groups in total. The minimum atomic E-state index is -0.462. The Morgan fingerprint density at radius 3 is 2.71 bits per heavy atom.